The molecule has 2 nitrogen and oxygen atoms in total. The van der Waals surface area contributed by atoms with Crippen LogP contribution in [0.5, 0.6) is 0 Å². The van der Waals surface area contributed by atoms with Crippen molar-refractivity contribution < 1.29 is 9.21 Å². The Kier molecular flexibility index (Phi) is 3.62. The van der Waals surface area contributed by atoms with Gasteiger partial charge in [-0.05, 0) is 40.9 Å². The number of ketones is 1. The van der Waals surface area contributed by atoms with Gasteiger partial charge in [-0.15, -0.1) is 0 Å². The zero-order chi connectivity index (χ0) is 10.7. The summed E-state index contributed by atoms with van der Waals surface area (Å²) in [5.74, 6) is 0.877. The van der Waals surface area contributed by atoms with Crippen molar-refractivity contribution in [3.63, 3.8) is 0 Å². The van der Waals surface area contributed by atoms with Gasteiger partial charge in [-0.1, -0.05) is 25.7 Å². The molecule has 1 fully saturated rings. The second-order valence-electron chi connectivity index (χ2n) is 4.16. The lowest BCUT2D eigenvalue weighted by atomic mass is 9.94. The maximum Gasteiger partial charge on any atom is 0.201 e. The Morgan fingerprint density at radius 1 is 1.20 bits per heavy atom. The van der Waals surface area contributed by atoms with E-state index in [2.05, 4.69) is 15.9 Å². The van der Waals surface area contributed by atoms with Gasteiger partial charge in [-0.3, -0.25) is 4.79 Å². The molecular formula is C12H15BrO2. The van der Waals surface area contributed by atoms with Crippen LogP contribution in [-0.2, 0) is 0 Å². The van der Waals surface area contributed by atoms with Gasteiger partial charge < -0.3 is 4.42 Å². The van der Waals surface area contributed by atoms with Crippen molar-refractivity contribution >= 4 is 21.7 Å². The van der Waals surface area contributed by atoms with Crippen molar-refractivity contribution in [3.05, 3.63) is 22.6 Å². The van der Waals surface area contributed by atoms with Crippen LogP contribution in [0.15, 0.2) is 21.2 Å². The SMILES string of the molecule is O=C(c1ccc(Br)o1)C1CCCCCC1. The van der Waals surface area contributed by atoms with Gasteiger partial charge in [0.05, 0.1) is 0 Å². The quantitative estimate of drug-likeness (QED) is 0.596. The third-order valence-corrected chi connectivity index (χ3v) is 3.47. The summed E-state index contributed by atoms with van der Waals surface area (Å²) < 4.78 is 5.94. The molecule has 1 aliphatic carbocycles. The molecule has 1 aliphatic rings. The van der Waals surface area contributed by atoms with Crippen molar-refractivity contribution in [2.45, 2.75) is 38.5 Å². The van der Waals surface area contributed by atoms with Crippen LogP contribution in [0.4, 0.5) is 0 Å². The highest BCUT2D eigenvalue weighted by Crippen LogP contribution is 2.27. The fraction of sp³-hybridized carbons (Fsp3) is 0.583. The van der Waals surface area contributed by atoms with Gasteiger partial charge in [0.25, 0.3) is 0 Å². The van der Waals surface area contributed by atoms with E-state index in [1.807, 2.05) is 0 Å². The lowest BCUT2D eigenvalue weighted by molar-refractivity contribution is 0.0878. The van der Waals surface area contributed by atoms with Crippen LogP contribution in [0.25, 0.3) is 0 Å². The predicted octanol–water partition coefficient (Wildman–Crippen LogP) is 4.20. The fourth-order valence-corrected chi connectivity index (χ4v) is 2.50. The van der Waals surface area contributed by atoms with Gasteiger partial charge in [0, 0.05) is 5.92 Å². The van der Waals surface area contributed by atoms with Crippen LogP contribution >= 0.6 is 15.9 Å². The van der Waals surface area contributed by atoms with Crippen molar-refractivity contribution in [3.8, 4) is 0 Å². The van der Waals surface area contributed by atoms with Gasteiger partial charge in [0.15, 0.2) is 10.4 Å². The topological polar surface area (TPSA) is 30.2 Å². The molecule has 2 rings (SSSR count). The van der Waals surface area contributed by atoms with E-state index in [4.69, 9.17) is 4.42 Å². The molecule has 0 N–H and O–H groups in total. The Morgan fingerprint density at radius 2 is 1.87 bits per heavy atom. The number of hydrogen-bond donors (Lipinski definition) is 0. The number of rotatable bonds is 2. The first-order valence-electron chi connectivity index (χ1n) is 5.57. The molecular weight excluding hydrogens is 256 g/mol. The van der Waals surface area contributed by atoms with E-state index in [1.165, 1.54) is 25.7 Å². The minimum Gasteiger partial charge on any atom is -0.446 e. The largest absolute Gasteiger partial charge is 0.446 e. The highest BCUT2D eigenvalue weighted by Gasteiger charge is 2.23. The number of Topliss-reactive ketones (excluding diaryl/α,β-unsaturated/α-hetero) is 1. The molecule has 82 valence electrons. The molecule has 0 aromatic carbocycles. The van der Waals surface area contributed by atoms with Crippen LogP contribution in [-0.4, -0.2) is 5.78 Å². The second kappa shape index (κ2) is 4.97. The number of carbonyl (C=O) groups is 1. The zero-order valence-electron chi connectivity index (χ0n) is 8.67. The van der Waals surface area contributed by atoms with Crippen LogP contribution in [0.1, 0.15) is 49.1 Å². The summed E-state index contributed by atoms with van der Waals surface area (Å²) in [6.45, 7) is 0. The third kappa shape index (κ3) is 2.71. The van der Waals surface area contributed by atoms with Gasteiger partial charge in [0.2, 0.25) is 5.78 Å². The molecule has 3 heteroatoms. The summed E-state index contributed by atoms with van der Waals surface area (Å²) in [5.41, 5.74) is 0. The predicted molar refractivity (Wildman–Crippen MR) is 61.9 cm³/mol. The van der Waals surface area contributed by atoms with Crippen LogP contribution in [0, 0.1) is 5.92 Å². The molecule has 0 aliphatic heterocycles. The van der Waals surface area contributed by atoms with Crippen molar-refractivity contribution in [1.29, 1.82) is 0 Å². The molecule has 0 unspecified atom stereocenters. The fourth-order valence-electron chi connectivity index (χ4n) is 2.19. The highest BCUT2D eigenvalue weighted by molar-refractivity contribution is 9.10. The zero-order valence-corrected chi connectivity index (χ0v) is 10.3. The van der Waals surface area contributed by atoms with Gasteiger partial charge >= 0.3 is 0 Å². The summed E-state index contributed by atoms with van der Waals surface area (Å²) in [6.07, 6.45) is 6.95. The van der Waals surface area contributed by atoms with Crippen LogP contribution in [0.3, 0.4) is 0 Å². The maximum atomic E-state index is 12.1. The smallest absolute Gasteiger partial charge is 0.201 e. The van der Waals surface area contributed by atoms with Crippen LogP contribution in [0.2, 0.25) is 0 Å². The van der Waals surface area contributed by atoms with E-state index in [9.17, 15) is 4.79 Å². The van der Waals surface area contributed by atoms with Crippen LogP contribution < -0.4 is 0 Å². The minimum absolute atomic E-state index is 0.183. The number of carbonyl (C=O) groups excluding carboxylic acids is 1. The summed E-state index contributed by atoms with van der Waals surface area (Å²) >= 11 is 3.22. The summed E-state index contributed by atoms with van der Waals surface area (Å²) in [5, 5.41) is 0. The van der Waals surface area contributed by atoms with E-state index >= 15 is 0 Å². The van der Waals surface area contributed by atoms with Crippen molar-refractivity contribution in [1.82, 2.24) is 0 Å². The monoisotopic (exact) mass is 270 g/mol. The Morgan fingerprint density at radius 3 is 2.40 bits per heavy atom. The van der Waals surface area contributed by atoms with E-state index in [1.54, 1.807) is 12.1 Å². The molecule has 0 bridgehead atoms. The molecule has 0 radical (unpaired) electrons. The van der Waals surface area contributed by atoms with Crippen molar-refractivity contribution in [2.75, 3.05) is 0 Å². The first-order valence-corrected chi connectivity index (χ1v) is 6.36. The average Bonchev–Trinajstić information content (AvgIpc) is 2.53. The van der Waals surface area contributed by atoms with E-state index in [-0.39, 0.29) is 11.7 Å². The van der Waals surface area contributed by atoms with Gasteiger partial charge in [-0.2, -0.15) is 0 Å². The molecule has 0 amide bonds. The molecule has 1 aromatic heterocycles. The molecule has 1 saturated carbocycles. The first-order chi connectivity index (χ1) is 7.27. The molecule has 15 heavy (non-hydrogen) atoms. The Balaban J connectivity index is 2.06. The lowest BCUT2D eigenvalue weighted by Gasteiger charge is -2.09. The maximum absolute atomic E-state index is 12.1. The molecule has 0 atom stereocenters. The number of halogens is 1. The normalized spacial score (nSPS) is 18.7. The summed E-state index contributed by atoms with van der Waals surface area (Å²) in [6, 6.07) is 3.54. The lowest BCUT2D eigenvalue weighted by Crippen LogP contribution is -2.13. The van der Waals surface area contributed by atoms with Crippen molar-refractivity contribution in [2.24, 2.45) is 5.92 Å². The second-order valence-corrected chi connectivity index (χ2v) is 4.94. The average molecular weight is 271 g/mol. The number of furan rings is 1. The summed E-state index contributed by atoms with van der Waals surface area (Å²) in [7, 11) is 0. The summed E-state index contributed by atoms with van der Waals surface area (Å²) in [4.78, 5) is 12.1. The Labute approximate surface area is 98.2 Å². The molecule has 0 saturated heterocycles. The van der Waals surface area contributed by atoms with E-state index < -0.39 is 0 Å². The van der Waals surface area contributed by atoms with E-state index in [0.717, 1.165) is 12.8 Å². The highest BCUT2D eigenvalue weighted by atomic mass is 79.9. The third-order valence-electron chi connectivity index (χ3n) is 3.04. The van der Waals surface area contributed by atoms with E-state index in [0.29, 0.717) is 10.4 Å². The molecule has 1 heterocycles. The Bertz CT molecular complexity index is 335. The standard InChI is InChI=1S/C12H15BrO2/c13-11-8-7-10(15-11)12(14)9-5-3-1-2-4-6-9/h7-9H,1-6H2. The Hall–Kier alpha value is -0.570. The van der Waals surface area contributed by atoms with Gasteiger partial charge in [0.1, 0.15) is 0 Å². The first kappa shape index (κ1) is 10.9. The molecule has 0 spiro atoms. The molecule has 1 aromatic rings. The van der Waals surface area contributed by atoms with Gasteiger partial charge in [-0.25, -0.2) is 0 Å². The number of hydrogen-bond acceptors (Lipinski definition) is 2. The minimum atomic E-state index is 0.183.